The summed E-state index contributed by atoms with van der Waals surface area (Å²) in [5.41, 5.74) is 7.96. The Kier molecular flexibility index (Phi) is 4.18. The second-order valence-electron chi connectivity index (χ2n) is 5.01. The summed E-state index contributed by atoms with van der Waals surface area (Å²) in [6.07, 6.45) is 2.29. The second-order valence-corrected chi connectivity index (χ2v) is 6.64. The zero-order chi connectivity index (χ0) is 13.9. The number of aromatic nitrogens is 2. The van der Waals surface area contributed by atoms with Crippen molar-refractivity contribution in [3.63, 3.8) is 0 Å². The molecule has 20 heavy (non-hydrogen) atoms. The summed E-state index contributed by atoms with van der Waals surface area (Å²) in [5, 5.41) is 7.46. The van der Waals surface area contributed by atoms with Crippen LogP contribution in [0.25, 0.3) is 10.6 Å². The first-order valence-electron chi connectivity index (χ1n) is 6.73. The highest BCUT2D eigenvalue weighted by Gasteiger charge is 2.18. The van der Waals surface area contributed by atoms with Gasteiger partial charge in [-0.25, -0.2) is 4.98 Å². The lowest BCUT2D eigenvalue weighted by molar-refractivity contribution is 0.185. The smallest absolute Gasteiger partial charge is 0.149 e. The van der Waals surface area contributed by atoms with E-state index in [4.69, 9.17) is 10.5 Å². The molecule has 2 aromatic heterocycles. The van der Waals surface area contributed by atoms with E-state index in [1.807, 2.05) is 12.3 Å². The van der Waals surface area contributed by atoms with E-state index in [0.29, 0.717) is 11.7 Å². The van der Waals surface area contributed by atoms with E-state index in [9.17, 15) is 0 Å². The van der Waals surface area contributed by atoms with Crippen molar-refractivity contribution in [2.75, 3.05) is 30.8 Å². The Labute approximate surface area is 126 Å². The molecule has 1 fully saturated rings. The zero-order valence-electron chi connectivity index (χ0n) is 11.4. The molecule has 5 nitrogen and oxygen atoms in total. The van der Waals surface area contributed by atoms with Crippen molar-refractivity contribution in [1.29, 1.82) is 0 Å². The lowest BCUT2D eigenvalue weighted by Gasteiger charge is -2.09. The molecule has 3 N–H and O–H groups in total. The van der Waals surface area contributed by atoms with Crippen molar-refractivity contribution in [2.45, 2.75) is 19.8 Å². The maximum atomic E-state index is 5.98. The molecule has 0 radical (unpaired) electrons. The quantitative estimate of drug-likeness (QED) is 0.888. The van der Waals surface area contributed by atoms with Crippen LogP contribution in [0.2, 0.25) is 0 Å². The Hall–Kier alpha value is -1.18. The lowest BCUT2D eigenvalue weighted by atomic mass is 10.1. The molecule has 1 aliphatic rings. The van der Waals surface area contributed by atoms with E-state index in [-0.39, 0.29) is 0 Å². The first kappa shape index (κ1) is 13.8. The number of nitrogens with one attached hydrogen (secondary N) is 1. The lowest BCUT2D eigenvalue weighted by Crippen LogP contribution is -2.08. The maximum Gasteiger partial charge on any atom is 0.149 e. The molecule has 0 amide bonds. The number of nitrogens with zero attached hydrogens (tertiary/aromatic N) is 2. The number of nitrogen functional groups attached to an aromatic ring is 1. The van der Waals surface area contributed by atoms with Crippen LogP contribution in [-0.4, -0.2) is 29.1 Å². The molecule has 0 spiro atoms. The summed E-state index contributed by atoms with van der Waals surface area (Å²) in [6.45, 7) is 4.71. The van der Waals surface area contributed by atoms with E-state index in [1.165, 1.54) is 18.0 Å². The molecule has 2 aromatic rings. The molecule has 0 bridgehead atoms. The van der Waals surface area contributed by atoms with Gasteiger partial charge in [0.05, 0.1) is 5.56 Å². The van der Waals surface area contributed by atoms with Gasteiger partial charge in [0.25, 0.3) is 0 Å². The third-order valence-electron chi connectivity index (χ3n) is 3.41. The summed E-state index contributed by atoms with van der Waals surface area (Å²) < 4.78 is 9.65. The van der Waals surface area contributed by atoms with Gasteiger partial charge >= 0.3 is 0 Å². The molecule has 3 rings (SSSR count). The van der Waals surface area contributed by atoms with Crippen LogP contribution in [-0.2, 0) is 4.74 Å². The molecular formula is C13H18N4OS2. The first-order chi connectivity index (χ1) is 9.74. The number of hydrogen-bond acceptors (Lipinski definition) is 7. The molecule has 3 heterocycles. The highest BCUT2D eigenvalue weighted by atomic mass is 32.1. The van der Waals surface area contributed by atoms with Crippen LogP contribution in [0.1, 0.15) is 18.5 Å². The third kappa shape index (κ3) is 2.94. The standard InChI is InChI=1S/C13H18N4OS2/c1-8-7-19-13(16-8)10-11(14)17-20-12(10)15-4-2-9-3-5-18-6-9/h7,9,15H,2-6H2,1H3,(H2,14,17). The molecule has 1 atom stereocenters. The van der Waals surface area contributed by atoms with E-state index >= 15 is 0 Å². The maximum absolute atomic E-state index is 5.98. The predicted molar refractivity (Wildman–Crippen MR) is 84.4 cm³/mol. The molecule has 1 aliphatic heterocycles. The van der Waals surface area contributed by atoms with Crippen molar-refractivity contribution in [2.24, 2.45) is 5.92 Å². The number of rotatable bonds is 5. The van der Waals surface area contributed by atoms with Crippen molar-refractivity contribution in [3.8, 4) is 10.6 Å². The zero-order valence-corrected chi connectivity index (χ0v) is 13.0. The van der Waals surface area contributed by atoms with E-state index < -0.39 is 0 Å². The highest BCUT2D eigenvalue weighted by Crippen LogP contribution is 2.38. The minimum absolute atomic E-state index is 0.566. The van der Waals surface area contributed by atoms with Crippen molar-refractivity contribution >= 4 is 33.7 Å². The first-order valence-corrected chi connectivity index (χ1v) is 8.38. The van der Waals surface area contributed by atoms with Crippen LogP contribution in [0.5, 0.6) is 0 Å². The van der Waals surface area contributed by atoms with Gasteiger partial charge < -0.3 is 15.8 Å². The van der Waals surface area contributed by atoms with Crippen molar-refractivity contribution < 1.29 is 4.74 Å². The van der Waals surface area contributed by atoms with Gasteiger partial charge in [-0.3, -0.25) is 0 Å². The van der Waals surface area contributed by atoms with Crippen LogP contribution in [0, 0.1) is 12.8 Å². The number of nitrogens with two attached hydrogens (primary N) is 1. The molecule has 0 aliphatic carbocycles. The number of thiazole rings is 1. The van der Waals surface area contributed by atoms with Gasteiger partial charge in [-0.15, -0.1) is 11.3 Å². The highest BCUT2D eigenvalue weighted by molar-refractivity contribution is 7.15. The Morgan fingerprint density at radius 1 is 1.55 bits per heavy atom. The number of aryl methyl sites for hydroxylation is 1. The minimum atomic E-state index is 0.566. The van der Waals surface area contributed by atoms with Gasteiger partial charge in [0.1, 0.15) is 15.8 Å². The summed E-state index contributed by atoms with van der Waals surface area (Å²) in [4.78, 5) is 4.51. The molecule has 108 valence electrons. The van der Waals surface area contributed by atoms with Gasteiger partial charge in [-0.1, -0.05) is 0 Å². The summed E-state index contributed by atoms with van der Waals surface area (Å²) in [5.74, 6) is 1.24. The van der Waals surface area contributed by atoms with Gasteiger partial charge in [0, 0.05) is 30.8 Å². The fraction of sp³-hybridized carbons (Fsp3) is 0.538. The predicted octanol–water partition coefficient (Wildman–Crippen LogP) is 3.00. The summed E-state index contributed by atoms with van der Waals surface area (Å²) >= 11 is 3.02. The van der Waals surface area contributed by atoms with Crippen LogP contribution >= 0.6 is 22.9 Å². The summed E-state index contributed by atoms with van der Waals surface area (Å²) in [7, 11) is 0. The molecule has 0 saturated carbocycles. The van der Waals surface area contributed by atoms with E-state index in [0.717, 1.165) is 47.4 Å². The molecule has 0 aromatic carbocycles. The topological polar surface area (TPSA) is 73.1 Å². The monoisotopic (exact) mass is 310 g/mol. The molecule has 1 saturated heterocycles. The van der Waals surface area contributed by atoms with E-state index in [1.54, 1.807) is 11.3 Å². The minimum Gasteiger partial charge on any atom is -0.382 e. The third-order valence-corrected chi connectivity index (χ3v) is 5.21. The largest absolute Gasteiger partial charge is 0.382 e. The van der Waals surface area contributed by atoms with Crippen LogP contribution in [0.15, 0.2) is 5.38 Å². The number of ether oxygens (including phenoxy) is 1. The fourth-order valence-electron chi connectivity index (χ4n) is 2.30. The average molecular weight is 310 g/mol. The summed E-state index contributed by atoms with van der Waals surface area (Å²) in [6, 6.07) is 0. The van der Waals surface area contributed by atoms with Gasteiger partial charge in [0.15, 0.2) is 0 Å². The van der Waals surface area contributed by atoms with E-state index in [2.05, 4.69) is 14.7 Å². The Balaban J connectivity index is 1.67. The van der Waals surface area contributed by atoms with Crippen LogP contribution in [0.3, 0.4) is 0 Å². The Morgan fingerprint density at radius 3 is 3.15 bits per heavy atom. The van der Waals surface area contributed by atoms with Gasteiger partial charge in [0.2, 0.25) is 0 Å². The van der Waals surface area contributed by atoms with Crippen LogP contribution < -0.4 is 11.1 Å². The number of anilines is 2. The second kappa shape index (κ2) is 6.07. The molecule has 1 unspecified atom stereocenters. The van der Waals surface area contributed by atoms with Crippen molar-refractivity contribution in [3.05, 3.63) is 11.1 Å². The Bertz CT molecular complexity index is 575. The fourth-order valence-corrected chi connectivity index (χ4v) is 3.96. The SMILES string of the molecule is Cc1csc(-c2c(N)nsc2NCCC2CCOC2)n1. The molecular weight excluding hydrogens is 292 g/mol. The normalized spacial score (nSPS) is 18.6. The molecule has 7 heteroatoms. The average Bonchev–Trinajstić information content (AvgIpc) is 3.12. The van der Waals surface area contributed by atoms with Crippen LogP contribution in [0.4, 0.5) is 10.8 Å². The van der Waals surface area contributed by atoms with Gasteiger partial charge in [-0.2, -0.15) is 4.37 Å². The number of hydrogen-bond donors (Lipinski definition) is 2. The van der Waals surface area contributed by atoms with Gasteiger partial charge in [-0.05, 0) is 37.2 Å². The van der Waals surface area contributed by atoms with Crippen molar-refractivity contribution in [1.82, 2.24) is 9.36 Å². The Morgan fingerprint density at radius 2 is 2.45 bits per heavy atom.